The van der Waals surface area contributed by atoms with Gasteiger partial charge >= 0.3 is 0 Å². The molecule has 12 heavy (non-hydrogen) atoms. The normalized spacial score (nSPS) is 12.1. The molecule has 1 N–H and O–H groups in total. The van der Waals surface area contributed by atoms with Crippen LogP contribution >= 0.6 is 0 Å². The van der Waals surface area contributed by atoms with Crippen molar-refractivity contribution in [2.45, 2.75) is 32.8 Å². The lowest BCUT2D eigenvalue weighted by atomic mass is 10.1. The molecule has 0 saturated carbocycles. The quantitative estimate of drug-likeness (QED) is 0.720. The zero-order chi connectivity index (χ0) is 9.35. The molecule has 0 aliphatic carbocycles. The maximum absolute atomic E-state index is 9.72. The third-order valence-corrected chi connectivity index (χ3v) is 1.92. The van der Waals surface area contributed by atoms with Crippen molar-refractivity contribution in [3.05, 3.63) is 17.5 Å². The van der Waals surface area contributed by atoms with Gasteiger partial charge in [-0.2, -0.15) is 5.10 Å². The maximum atomic E-state index is 9.72. The molecule has 0 bridgehead atoms. The average Bonchev–Trinajstić information content (AvgIpc) is 2.29. The van der Waals surface area contributed by atoms with E-state index in [0.29, 0.717) is 0 Å². The molecule has 0 spiro atoms. The molecule has 68 valence electrons. The molecule has 1 rings (SSSR count). The van der Waals surface area contributed by atoms with Crippen LogP contribution in [0.25, 0.3) is 0 Å². The van der Waals surface area contributed by atoms with Crippen molar-refractivity contribution < 1.29 is 5.11 Å². The van der Waals surface area contributed by atoms with Gasteiger partial charge in [0, 0.05) is 7.05 Å². The van der Waals surface area contributed by atoms with E-state index in [1.54, 1.807) is 18.5 Å². The number of aliphatic hydroxyl groups is 1. The Bertz CT molecular complexity index is 271. The summed E-state index contributed by atoms with van der Waals surface area (Å²) in [5.74, 6) is 0. The van der Waals surface area contributed by atoms with Gasteiger partial charge in [-0.25, -0.2) is 0 Å². The summed E-state index contributed by atoms with van der Waals surface area (Å²) in [6.45, 7) is 5.59. The van der Waals surface area contributed by atoms with E-state index in [2.05, 4.69) is 12.0 Å². The Morgan fingerprint density at radius 2 is 2.17 bits per heavy atom. The highest BCUT2D eigenvalue weighted by Gasteiger charge is 2.20. The van der Waals surface area contributed by atoms with Crippen LogP contribution in [0.2, 0.25) is 0 Å². The van der Waals surface area contributed by atoms with Crippen LogP contribution in [0.4, 0.5) is 0 Å². The number of hydrogen-bond donors (Lipinski definition) is 1. The standard InChI is InChI=1S/C9H16N2O/c1-5-7-6-8(9(2,3)12)11(4)10-7/h6,12H,5H2,1-4H3. The van der Waals surface area contributed by atoms with Crippen molar-refractivity contribution in [1.29, 1.82) is 0 Å². The molecule has 0 unspecified atom stereocenters. The number of nitrogens with zero attached hydrogens (tertiary/aromatic N) is 2. The smallest absolute Gasteiger partial charge is 0.101 e. The first-order valence-electron chi connectivity index (χ1n) is 4.21. The Balaban J connectivity index is 3.08. The van der Waals surface area contributed by atoms with Gasteiger partial charge in [-0.1, -0.05) is 6.92 Å². The number of rotatable bonds is 2. The maximum Gasteiger partial charge on any atom is 0.101 e. The summed E-state index contributed by atoms with van der Waals surface area (Å²) in [6.07, 6.45) is 0.907. The molecule has 0 saturated heterocycles. The van der Waals surface area contributed by atoms with Crippen molar-refractivity contribution >= 4 is 0 Å². The van der Waals surface area contributed by atoms with Crippen LogP contribution in [0, 0.1) is 0 Å². The monoisotopic (exact) mass is 168 g/mol. The van der Waals surface area contributed by atoms with Gasteiger partial charge in [0.15, 0.2) is 0 Å². The predicted octanol–water partition coefficient (Wildman–Crippen LogP) is 1.21. The summed E-state index contributed by atoms with van der Waals surface area (Å²) in [4.78, 5) is 0. The molecule has 0 atom stereocenters. The van der Waals surface area contributed by atoms with Crippen molar-refractivity contribution in [3.8, 4) is 0 Å². The zero-order valence-electron chi connectivity index (χ0n) is 8.13. The molecule has 3 nitrogen and oxygen atoms in total. The van der Waals surface area contributed by atoms with Crippen molar-refractivity contribution in [1.82, 2.24) is 9.78 Å². The highest BCUT2D eigenvalue weighted by molar-refractivity contribution is 5.15. The summed E-state index contributed by atoms with van der Waals surface area (Å²) >= 11 is 0. The summed E-state index contributed by atoms with van der Waals surface area (Å²) in [5, 5.41) is 14.0. The van der Waals surface area contributed by atoms with Crippen molar-refractivity contribution in [3.63, 3.8) is 0 Å². The Hall–Kier alpha value is -0.830. The second-order valence-electron chi connectivity index (χ2n) is 3.56. The molecular formula is C9H16N2O. The third kappa shape index (κ3) is 1.67. The van der Waals surface area contributed by atoms with Crippen LogP contribution in [0.1, 0.15) is 32.2 Å². The molecule has 0 radical (unpaired) electrons. The van der Waals surface area contributed by atoms with E-state index in [4.69, 9.17) is 0 Å². The lowest BCUT2D eigenvalue weighted by Crippen LogP contribution is -2.19. The van der Waals surface area contributed by atoms with E-state index in [0.717, 1.165) is 17.8 Å². The number of aromatic nitrogens is 2. The largest absolute Gasteiger partial charge is 0.384 e. The molecule has 0 aliphatic rings. The van der Waals surface area contributed by atoms with Gasteiger partial charge in [0.2, 0.25) is 0 Å². The predicted molar refractivity (Wildman–Crippen MR) is 47.8 cm³/mol. The highest BCUT2D eigenvalue weighted by atomic mass is 16.3. The minimum Gasteiger partial charge on any atom is -0.384 e. The topological polar surface area (TPSA) is 38.0 Å². The molecule has 3 heteroatoms. The van der Waals surface area contributed by atoms with E-state index in [9.17, 15) is 5.11 Å². The van der Waals surface area contributed by atoms with Crippen LogP contribution in [0.15, 0.2) is 6.07 Å². The minimum absolute atomic E-state index is 0.796. The fourth-order valence-electron chi connectivity index (χ4n) is 1.27. The molecule has 1 heterocycles. The number of hydrogen-bond acceptors (Lipinski definition) is 2. The van der Waals surface area contributed by atoms with Gasteiger partial charge in [0.1, 0.15) is 5.60 Å². The van der Waals surface area contributed by atoms with Crippen LogP contribution < -0.4 is 0 Å². The van der Waals surface area contributed by atoms with Gasteiger partial charge in [-0.05, 0) is 26.3 Å². The second kappa shape index (κ2) is 2.90. The Morgan fingerprint density at radius 3 is 2.42 bits per heavy atom. The fraction of sp³-hybridized carbons (Fsp3) is 0.667. The Kier molecular flexibility index (Phi) is 2.24. The van der Waals surface area contributed by atoms with E-state index < -0.39 is 5.60 Å². The van der Waals surface area contributed by atoms with E-state index in [1.807, 2.05) is 13.1 Å². The van der Waals surface area contributed by atoms with Gasteiger partial charge in [-0.3, -0.25) is 4.68 Å². The first-order valence-corrected chi connectivity index (χ1v) is 4.21. The Labute approximate surface area is 73.0 Å². The van der Waals surface area contributed by atoms with Crippen LogP contribution in [0.5, 0.6) is 0 Å². The highest BCUT2D eigenvalue weighted by Crippen LogP contribution is 2.19. The summed E-state index contributed by atoms with van der Waals surface area (Å²) in [7, 11) is 1.85. The molecule has 0 amide bonds. The SMILES string of the molecule is CCc1cc(C(C)(C)O)n(C)n1. The minimum atomic E-state index is -0.796. The van der Waals surface area contributed by atoms with Crippen LogP contribution in [-0.2, 0) is 19.1 Å². The average molecular weight is 168 g/mol. The van der Waals surface area contributed by atoms with Crippen molar-refractivity contribution in [2.75, 3.05) is 0 Å². The molecular weight excluding hydrogens is 152 g/mol. The van der Waals surface area contributed by atoms with Crippen LogP contribution in [-0.4, -0.2) is 14.9 Å². The lowest BCUT2D eigenvalue weighted by molar-refractivity contribution is 0.0696. The zero-order valence-corrected chi connectivity index (χ0v) is 8.13. The van der Waals surface area contributed by atoms with E-state index in [-0.39, 0.29) is 0 Å². The van der Waals surface area contributed by atoms with Gasteiger partial charge in [0.05, 0.1) is 11.4 Å². The van der Waals surface area contributed by atoms with Crippen LogP contribution in [0.3, 0.4) is 0 Å². The fourth-order valence-corrected chi connectivity index (χ4v) is 1.27. The third-order valence-electron chi connectivity index (χ3n) is 1.92. The first-order chi connectivity index (χ1) is 5.45. The first kappa shape index (κ1) is 9.26. The van der Waals surface area contributed by atoms with Gasteiger partial charge in [0.25, 0.3) is 0 Å². The van der Waals surface area contributed by atoms with E-state index in [1.165, 1.54) is 0 Å². The molecule has 1 aromatic rings. The summed E-state index contributed by atoms with van der Waals surface area (Å²) in [6, 6.07) is 1.94. The van der Waals surface area contributed by atoms with E-state index >= 15 is 0 Å². The Morgan fingerprint density at radius 1 is 1.58 bits per heavy atom. The molecule has 0 aromatic carbocycles. The molecule has 0 fully saturated rings. The van der Waals surface area contributed by atoms with Gasteiger partial charge in [-0.15, -0.1) is 0 Å². The summed E-state index contributed by atoms with van der Waals surface area (Å²) in [5.41, 5.74) is 1.09. The molecule has 0 aliphatic heterocycles. The lowest BCUT2D eigenvalue weighted by Gasteiger charge is -2.16. The van der Waals surface area contributed by atoms with Crippen molar-refractivity contribution in [2.24, 2.45) is 7.05 Å². The summed E-state index contributed by atoms with van der Waals surface area (Å²) < 4.78 is 1.73. The number of aryl methyl sites for hydroxylation is 2. The molecule has 1 aromatic heterocycles. The van der Waals surface area contributed by atoms with Gasteiger partial charge < -0.3 is 5.11 Å². The second-order valence-corrected chi connectivity index (χ2v) is 3.56.